The Morgan fingerprint density at radius 2 is 2.39 bits per heavy atom. The zero-order valence-corrected chi connectivity index (χ0v) is 12.5. The van der Waals surface area contributed by atoms with Gasteiger partial charge in [0.2, 0.25) is 6.39 Å². The van der Waals surface area contributed by atoms with Crippen LogP contribution in [0.25, 0.3) is 0 Å². The van der Waals surface area contributed by atoms with Crippen LogP contribution in [0.5, 0.6) is 5.75 Å². The van der Waals surface area contributed by atoms with E-state index in [1.807, 2.05) is 0 Å². The summed E-state index contributed by atoms with van der Waals surface area (Å²) in [6, 6.07) is 5.25. The van der Waals surface area contributed by atoms with Gasteiger partial charge in [0.1, 0.15) is 17.6 Å². The van der Waals surface area contributed by atoms with E-state index in [1.165, 1.54) is 24.6 Å². The van der Waals surface area contributed by atoms with Gasteiger partial charge < -0.3 is 18.9 Å². The molecule has 122 valence electrons. The normalized spacial score (nSPS) is 19.4. The third kappa shape index (κ3) is 3.48. The van der Waals surface area contributed by atoms with Gasteiger partial charge in [0.15, 0.2) is 11.9 Å². The molecule has 2 aromatic rings. The molecule has 0 bridgehead atoms. The van der Waals surface area contributed by atoms with Gasteiger partial charge in [0.05, 0.1) is 13.2 Å². The van der Waals surface area contributed by atoms with Gasteiger partial charge in [-0.15, -0.1) is 0 Å². The Kier molecular flexibility index (Phi) is 4.52. The Balaban J connectivity index is 1.72. The van der Waals surface area contributed by atoms with Crippen molar-refractivity contribution in [3.05, 3.63) is 42.3 Å². The number of nitrogens with zero attached hydrogens (tertiary/aromatic N) is 3. The first-order valence-corrected chi connectivity index (χ1v) is 7.22. The van der Waals surface area contributed by atoms with Crippen LogP contribution in [0.1, 0.15) is 18.8 Å². The van der Waals surface area contributed by atoms with E-state index in [0.29, 0.717) is 24.7 Å². The standard InChI is InChI=1S/C15H16FN3O4/c1-10(23-12-4-2-3-11(16)7-12)15(20)19-5-6-21-8-13(19)14-17-9-22-18-14/h2-4,7,9-10,13H,5-6,8H2,1H3. The molecule has 2 unspecified atom stereocenters. The first kappa shape index (κ1) is 15.4. The second kappa shape index (κ2) is 6.74. The van der Waals surface area contributed by atoms with Gasteiger partial charge in [-0.3, -0.25) is 4.79 Å². The zero-order valence-electron chi connectivity index (χ0n) is 12.5. The lowest BCUT2D eigenvalue weighted by molar-refractivity contribution is -0.147. The number of aromatic nitrogens is 2. The molecule has 1 aromatic carbocycles. The van der Waals surface area contributed by atoms with Gasteiger partial charge in [0, 0.05) is 12.6 Å². The van der Waals surface area contributed by atoms with E-state index >= 15 is 0 Å². The number of morpholine rings is 1. The smallest absolute Gasteiger partial charge is 0.264 e. The Labute approximate surface area is 132 Å². The van der Waals surface area contributed by atoms with Crippen LogP contribution < -0.4 is 4.74 Å². The second-order valence-electron chi connectivity index (χ2n) is 5.13. The molecule has 0 radical (unpaired) electrons. The van der Waals surface area contributed by atoms with Crippen molar-refractivity contribution in [2.45, 2.75) is 19.1 Å². The monoisotopic (exact) mass is 321 g/mol. The van der Waals surface area contributed by atoms with E-state index in [9.17, 15) is 9.18 Å². The van der Waals surface area contributed by atoms with E-state index in [0.717, 1.165) is 0 Å². The Morgan fingerprint density at radius 3 is 3.13 bits per heavy atom. The summed E-state index contributed by atoms with van der Waals surface area (Å²) < 4.78 is 28.9. The van der Waals surface area contributed by atoms with Crippen LogP contribution in [-0.2, 0) is 9.53 Å². The summed E-state index contributed by atoms with van der Waals surface area (Å²) in [6.07, 6.45) is 0.434. The molecule has 1 aliphatic rings. The lowest BCUT2D eigenvalue weighted by atomic mass is 10.2. The highest BCUT2D eigenvalue weighted by molar-refractivity contribution is 5.81. The van der Waals surface area contributed by atoms with Crippen molar-refractivity contribution < 1.29 is 23.2 Å². The molecule has 0 aliphatic carbocycles. The van der Waals surface area contributed by atoms with E-state index in [2.05, 4.69) is 10.1 Å². The molecule has 2 heterocycles. The minimum Gasteiger partial charge on any atom is -0.481 e. The minimum absolute atomic E-state index is 0.243. The topological polar surface area (TPSA) is 77.7 Å². The highest BCUT2D eigenvalue weighted by Gasteiger charge is 2.34. The SMILES string of the molecule is CC(Oc1cccc(F)c1)C(=O)N1CCOCC1c1ncon1. The molecular formula is C15H16FN3O4. The van der Waals surface area contributed by atoms with E-state index in [-0.39, 0.29) is 12.5 Å². The molecule has 1 saturated heterocycles. The van der Waals surface area contributed by atoms with E-state index < -0.39 is 18.0 Å². The molecule has 2 atom stereocenters. The van der Waals surface area contributed by atoms with Crippen LogP contribution in [0, 0.1) is 5.82 Å². The number of benzene rings is 1. The molecule has 1 amide bonds. The maximum Gasteiger partial charge on any atom is 0.264 e. The molecule has 23 heavy (non-hydrogen) atoms. The summed E-state index contributed by atoms with van der Waals surface area (Å²) in [5.41, 5.74) is 0. The third-order valence-electron chi connectivity index (χ3n) is 3.54. The Bertz CT molecular complexity index is 665. The van der Waals surface area contributed by atoms with Crippen molar-refractivity contribution in [3.63, 3.8) is 0 Å². The number of rotatable bonds is 4. The first-order valence-electron chi connectivity index (χ1n) is 7.22. The van der Waals surface area contributed by atoms with Crippen LogP contribution in [0.15, 0.2) is 35.2 Å². The number of hydrogen-bond acceptors (Lipinski definition) is 6. The van der Waals surface area contributed by atoms with Crippen molar-refractivity contribution in [2.24, 2.45) is 0 Å². The fourth-order valence-corrected chi connectivity index (χ4v) is 2.44. The molecular weight excluding hydrogens is 305 g/mol. The molecule has 1 fully saturated rings. The molecule has 7 nitrogen and oxygen atoms in total. The number of amides is 1. The molecule has 1 aliphatic heterocycles. The van der Waals surface area contributed by atoms with Gasteiger partial charge in [-0.25, -0.2) is 4.39 Å². The number of ether oxygens (including phenoxy) is 2. The minimum atomic E-state index is -0.774. The summed E-state index contributed by atoms with van der Waals surface area (Å²) in [7, 11) is 0. The average molecular weight is 321 g/mol. The average Bonchev–Trinajstić information content (AvgIpc) is 3.08. The second-order valence-corrected chi connectivity index (χ2v) is 5.13. The van der Waals surface area contributed by atoms with Gasteiger partial charge in [0.25, 0.3) is 5.91 Å². The quantitative estimate of drug-likeness (QED) is 0.851. The van der Waals surface area contributed by atoms with Crippen LogP contribution in [0.3, 0.4) is 0 Å². The summed E-state index contributed by atoms with van der Waals surface area (Å²) in [5, 5.41) is 3.78. The van der Waals surface area contributed by atoms with Crippen LogP contribution in [0.2, 0.25) is 0 Å². The van der Waals surface area contributed by atoms with Crippen molar-refractivity contribution >= 4 is 5.91 Å². The summed E-state index contributed by atoms with van der Waals surface area (Å²) >= 11 is 0. The van der Waals surface area contributed by atoms with Crippen LogP contribution >= 0.6 is 0 Å². The highest BCUT2D eigenvalue weighted by atomic mass is 19.1. The highest BCUT2D eigenvalue weighted by Crippen LogP contribution is 2.23. The molecule has 0 N–H and O–H groups in total. The lowest BCUT2D eigenvalue weighted by Gasteiger charge is -2.35. The van der Waals surface area contributed by atoms with Crippen molar-refractivity contribution in [3.8, 4) is 5.75 Å². The third-order valence-corrected chi connectivity index (χ3v) is 3.54. The predicted octanol–water partition coefficient (Wildman–Crippen LogP) is 1.58. The molecule has 1 aromatic heterocycles. The predicted molar refractivity (Wildman–Crippen MR) is 76.1 cm³/mol. The van der Waals surface area contributed by atoms with E-state index in [4.69, 9.17) is 14.0 Å². The van der Waals surface area contributed by atoms with Crippen LogP contribution in [0.4, 0.5) is 4.39 Å². The van der Waals surface area contributed by atoms with Crippen LogP contribution in [-0.4, -0.2) is 46.8 Å². The van der Waals surface area contributed by atoms with Gasteiger partial charge >= 0.3 is 0 Å². The molecule has 0 spiro atoms. The maximum absolute atomic E-state index is 13.2. The molecule has 0 saturated carbocycles. The molecule has 8 heteroatoms. The van der Waals surface area contributed by atoms with Crippen molar-refractivity contribution in [1.82, 2.24) is 15.0 Å². The zero-order chi connectivity index (χ0) is 16.2. The van der Waals surface area contributed by atoms with Gasteiger partial charge in [-0.05, 0) is 19.1 Å². The number of halogens is 1. The number of hydrogen-bond donors (Lipinski definition) is 0. The molecule has 3 rings (SSSR count). The summed E-state index contributed by atoms with van der Waals surface area (Å²) in [4.78, 5) is 18.2. The fraction of sp³-hybridized carbons (Fsp3) is 0.400. The largest absolute Gasteiger partial charge is 0.481 e. The van der Waals surface area contributed by atoms with Gasteiger partial charge in [-0.1, -0.05) is 11.2 Å². The summed E-state index contributed by atoms with van der Waals surface area (Å²) in [6.45, 7) is 2.73. The summed E-state index contributed by atoms with van der Waals surface area (Å²) in [5.74, 6) is 0.0248. The Hall–Kier alpha value is -2.48. The van der Waals surface area contributed by atoms with E-state index in [1.54, 1.807) is 17.9 Å². The van der Waals surface area contributed by atoms with Crippen molar-refractivity contribution in [2.75, 3.05) is 19.8 Å². The first-order chi connectivity index (χ1) is 11.1. The van der Waals surface area contributed by atoms with Crippen molar-refractivity contribution in [1.29, 1.82) is 0 Å². The van der Waals surface area contributed by atoms with Gasteiger partial charge in [-0.2, -0.15) is 4.98 Å². The Morgan fingerprint density at radius 1 is 1.52 bits per heavy atom. The fourth-order valence-electron chi connectivity index (χ4n) is 2.44. The lowest BCUT2D eigenvalue weighted by Crippen LogP contribution is -2.48. The number of carbonyl (C=O) groups excluding carboxylic acids is 1. The number of carbonyl (C=O) groups is 1. The maximum atomic E-state index is 13.2.